The molecule has 0 bridgehead atoms. The number of carbonyl (C=O) groups excluding carboxylic acids is 1. The van der Waals surface area contributed by atoms with Gasteiger partial charge in [-0.1, -0.05) is 72.8 Å². The minimum atomic E-state index is 0.0229. The maximum absolute atomic E-state index is 12.4. The highest BCUT2D eigenvalue weighted by Crippen LogP contribution is 2.26. The van der Waals surface area contributed by atoms with E-state index >= 15 is 0 Å². The zero-order valence-corrected chi connectivity index (χ0v) is 18.2. The number of nitrogens with zero attached hydrogens (tertiary/aromatic N) is 2. The zero-order chi connectivity index (χ0) is 19.6. The molecule has 1 unspecified atom stereocenters. The van der Waals surface area contributed by atoms with Gasteiger partial charge in [-0.05, 0) is 29.9 Å². The van der Waals surface area contributed by atoms with E-state index in [1.54, 1.807) is 11.3 Å². The van der Waals surface area contributed by atoms with Gasteiger partial charge in [0.15, 0.2) is 4.34 Å². The summed E-state index contributed by atoms with van der Waals surface area (Å²) in [5, 5.41) is 17.7. The van der Waals surface area contributed by atoms with Crippen molar-refractivity contribution in [2.75, 3.05) is 17.6 Å². The fourth-order valence-electron chi connectivity index (χ4n) is 2.75. The van der Waals surface area contributed by atoms with Gasteiger partial charge in [0.25, 0.3) is 0 Å². The summed E-state index contributed by atoms with van der Waals surface area (Å²) >= 11 is 4.68. The number of amides is 1. The molecule has 3 rings (SSSR count). The number of thiophene rings is 1. The van der Waals surface area contributed by atoms with Crippen molar-refractivity contribution in [2.24, 2.45) is 0 Å². The topological polar surface area (TPSA) is 66.9 Å². The summed E-state index contributed by atoms with van der Waals surface area (Å²) in [4.78, 5) is 13.7. The van der Waals surface area contributed by atoms with E-state index in [2.05, 4.69) is 57.4 Å². The third-order valence-corrected chi connectivity index (χ3v) is 7.03. The van der Waals surface area contributed by atoms with Crippen LogP contribution in [0.3, 0.4) is 0 Å². The molecule has 28 heavy (non-hydrogen) atoms. The first-order valence-corrected chi connectivity index (χ1v) is 12.0. The van der Waals surface area contributed by atoms with Crippen molar-refractivity contribution in [3.05, 3.63) is 58.3 Å². The largest absolute Gasteiger partial charge is 0.360 e. The average molecular weight is 433 g/mol. The Morgan fingerprint density at radius 2 is 2.04 bits per heavy atom. The summed E-state index contributed by atoms with van der Waals surface area (Å²) in [6.45, 7) is 2.96. The first kappa shape index (κ1) is 20.8. The Hall–Kier alpha value is -1.90. The average Bonchev–Trinajstić information content (AvgIpc) is 3.39. The highest BCUT2D eigenvalue weighted by atomic mass is 32.2. The van der Waals surface area contributed by atoms with E-state index < -0.39 is 0 Å². The molecular formula is C20H24N4OS3. The lowest BCUT2D eigenvalue weighted by molar-refractivity contribution is -0.119. The Kier molecular flexibility index (Phi) is 8.32. The monoisotopic (exact) mass is 432 g/mol. The van der Waals surface area contributed by atoms with Gasteiger partial charge < -0.3 is 10.6 Å². The molecule has 1 amide bonds. The zero-order valence-electron chi connectivity index (χ0n) is 15.8. The highest BCUT2D eigenvalue weighted by Gasteiger charge is 2.14. The first-order valence-electron chi connectivity index (χ1n) is 9.31. The van der Waals surface area contributed by atoms with E-state index in [9.17, 15) is 4.79 Å². The smallest absolute Gasteiger partial charge is 0.230 e. The van der Waals surface area contributed by atoms with Crippen LogP contribution in [0.15, 0.2) is 52.2 Å². The Labute approximate surface area is 178 Å². The predicted octanol–water partition coefficient (Wildman–Crippen LogP) is 5.00. The number of hydrogen-bond acceptors (Lipinski definition) is 7. The summed E-state index contributed by atoms with van der Waals surface area (Å²) in [7, 11) is 0. The number of anilines is 1. The van der Waals surface area contributed by atoms with Crippen LogP contribution in [0.25, 0.3) is 0 Å². The van der Waals surface area contributed by atoms with E-state index in [4.69, 9.17) is 0 Å². The molecule has 0 saturated carbocycles. The maximum atomic E-state index is 12.4. The minimum absolute atomic E-state index is 0.0229. The van der Waals surface area contributed by atoms with Gasteiger partial charge in [0.2, 0.25) is 11.0 Å². The van der Waals surface area contributed by atoms with Crippen LogP contribution >= 0.6 is 34.4 Å². The van der Waals surface area contributed by atoms with Crippen molar-refractivity contribution in [1.82, 2.24) is 15.5 Å². The fraction of sp³-hybridized carbons (Fsp3) is 0.350. The van der Waals surface area contributed by atoms with Crippen LogP contribution in [0, 0.1) is 0 Å². The normalized spacial score (nSPS) is 11.9. The Bertz CT molecular complexity index is 836. The highest BCUT2D eigenvalue weighted by molar-refractivity contribution is 8.01. The van der Waals surface area contributed by atoms with Gasteiger partial charge in [0, 0.05) is 11.4 Å². The molecule has 2 N–H and O–H groups in total. The van der Waals surface area contributed by atoms with Crippen LogP contribution in [0.4, 0.5) is 5.13 Å². The molecule has 0 aliphatic carbocycles. The van der Waals surface area contributed by atoms with Gasteiger partial charge >= 0.3 is 0 Å². The Morgan fingerprint density at radius 1 is 1.18 bits per heavy atom. The lowest BCUT2D eigenvalue weighted by Gasteiger charge is -2.18. The number of nitrogens with one attached hydrogen (secondary N) is 2. The Morgan fingerprint density at radius 3 is 2.79 bits per heavy atom. The van der Waals surface area contributed by atoms with Crippen molar-refractivity contribution in [3.63, 3.8) is 0 Å². The van der Waals surface area contributed by atoms with Gasteiger partial charge in [-0.3, -0.25) is 4.79 Å². The minimum Gasteiger partial charge on any atom is -0.360 e. The molecule has 148 valence electrons. The number of rotatable bonds is 11. The second-order valence-corrected chi connectivity index (χ2v) is 9.47. The van der Waals surface area contributed by atoms with Crippen molar-refractivity contribution in [3.8, 4) is 0 Å². The SMILES string of the molecule is CCCC(NC(=O)CSc1nnc(NCCc2cccs2)s1)c1ccccc1. The number of hydrogen-bond donors (Lipinski definition) is 2. The van der Waals surface area contributed by atoms with Crippen LogP contribution in [0.1, 0.15) is 36.2 Å². The maximum Gasteiger partial charge on any atom is 0.230 e. The van der Waals surface area contributed by atoms with Crippen molar-refractivity contribution < 1.29 is 4.79 Å². The van der Waals surface area contributed by atoms with Crippen LogP contribution in [-0.4, -0.2) is 28.4 Å². The number of benzene rings is 1. The molecule has 0 spiro atoms. The summed E-state index contributed by atoms with van der Waals surface area (Å²) in [5.74, 6) is 0.367. The van der Waals surface area contributed by atoms with Gasteiger partial charge in [0.1, 0.15) is 0 Å². The van der Waals surface area contributed by atoms with Gasteiger partial charge in [-0.15, -0.1) is 21.5 Å². The molecule has 5 nitrogen and oxygen atoms in total. The number of carbonyl (C=O) groups is 1. The third-order valence-electron chi connectivity index (χ3n) is 4.08. The van der Waals surface area contributed by atoms with Crippen LogP contribution < -0.4 is 10.6 Å². The summed E-state index contributed by atoms with van der Waals surface area (Å²) < 4.78 is 0.806. The van der Waals surface area contributed by atoms with E-state index in [-0.39, 0.29) is 11.9 Å². The number of thioether (sulfide) groups is 1. The summed E-state index contributed by atoms with van der Waals surface area (Å²) in [5.41, 5.74) is 1.15. The molecule has 1 aromatic carbocycles. The molecule has 0 aliphatic heterocycles. The van der Waals surface area contributed by atoms with Gasteiger partial charge in [0.05, 0.1) is 11.8 Å². The molecule has 2 heterocycles. The molecule has 8 heteroatoms. The second kappa shape index (κ2) is 11.2. The van der Waals surface area contributed by atoms with E-state index in [1.807, 2.05) is 18.2 Å². The quantitative estimate of drug-likeness (QED) is 0.417. The molecule has 0 aliphatic rings. The van der Waals surface area contributed by atoms with Crippen LogP contribution in [0.5, 0.6) is 0 Å². The summed E-state index contributed by atoms with van der Waals surface area (Å²) in [6, 6.07) is 14.4. The van der Waals surface area contributed by atoms with E-state index in [1.165, 1.54) is 28.0 Å². The van der Waals surface area contributed by atoms with E-state index in [0.717, 1.165) is 40.8 Å². The second-order valence-electron chi connectivity index (χ2n) is 6.24. The van der Waals surface area contributed by atoms with Crippen molar-refractivity contribution in [1.29, 1.82) is 0 Å². The molecule has 2 aromatic heterocycles. The molecule has 3 aromatic rings. The standard InChI is InChI=1S/C20H24N4OS3/c1-2-7-17(15-8-4-3-5-9-15)22-18(25)14-27-20-24-23-19(28-20)21-12-11-16-10-6-13-26-16/h3-6,8-10,13,17H,2,7,11-12,14H2,1H3,(H,21,23)(H,22,25). The van der Waals surface area contributed by atoms with Gasteiger partial charge in [-0.25, -0.2) is 0 Å². The lowest BCUT2D eigenvalue weighted by atomic mass is 10.0. The third kappa shape index (κ3) is 6.61. The predicted molar refractivity (Wildman–Crippen MR) is 119 cm³/mol. The molecular weight excluding hydrogens is 408 g/mol. The van der Waals surface area contributed by atoms with Crippen molar-refractivity contribution in [2.45, 2.75) is 36.6 Å². The fourth-order valence-corrected chi connectivity index (χ4v) is 5.04. The molecule has 1 atom stereocenters. The van der Waals surface area contributed by atoms with Crippen LogP contribution in [0.2, 0.25) is 0 Å². The van der Waals surface area contributed by atoms with Crippen LogP contribution in [-0.2, 0) is 11.2 Å². The molecule has 0 saturated heterocycles. The first-order chi connectivity index (χ1) is 13.7. The molecule has 0 radical (unpaired) electrons. The lowest BCUT2D eigenvalue weighted by Crippen LogP contribution is -2.29. The number of aromatic nitrogens is 2. The molecule has 0 fully saturated rings. The van der Waals surface area contributed by atoms with E-state index in [0.29, 0.717) is 5.75 Å². The summed E-state index contributed by atoms with van der Waals surface area (Å²) in [6.07, 6.45) is 2.92. The Balaban J connectivity index is 1.43. The van der Waals surface area contributed by atoms with Crippen molar-refractivity contribution >= 4 is 45.5 Å². The van der Waals surface area contributed by atoms with Gasteiger partial charge in [-0.2, -0.15) is 0 Å².